The lowest BCUT2D eigenvalue weighted by atomic mass is 9.94. The highest BCUT2D eigenvalue weighted by Gasteiger charge is 2.29. The Hall–Kier alpha value is 0.210. The Labute approximate surface area is 66.1 Å². The van der Waals surface area contributed by atoms with Crippen LogP contribution >= 0.6 is 11.6 Å². The van der Waals surface area contributed by atoms with Gasteiger partial charge in [-0.1, -0.05) is 0 Å². The maximum Gasteiger partial charge on any atom is 0.0964 e. The minimum Gasteiger partial charge on any atom is -0.389 e. The van der Waals surface area contributed by atoms with Gasteiger partial charge in [-0.25, -0.2) is 0 Å². The van der Waals surface area contributed by atoms with E-state index in [1.54, 1.807) is 7.11 Å². The van der Waals surface area contributed by atoms with Crippen LogP contribution in [0.3, 0.4) is 0 Å². The van der Waals surface area contributed by atoms with Crippen molar-refractivity contribution in [1.29, 1.82) is 0 Å². The number of rotatable bonds is 1. The monoisotopic (exact) mass is 164 g/mol. The molecule has 3 unspecified atom stereocenters. The second-order valence-corrected chi connectivity index (χ2v) is 3.27. The molecule has 0 radical (unpaired) electrons. The number of ether oxygens (including phenoxy) is 1. The normalized spacial score (nSPS) is 41.7. The topological polar surface area (TPSA) is 29.5 Å². The molecule has 0 bridgehead atoms. The predicted molar refractivity (Wildman–Crippen MR) is 40.3 cm³/mol. The SMILES string of the molecule is COC1CCCC(Cl)C1O. The summed E-state index contributed by atoms with van der Waals surface area (Å²) in [7, 11) is 1.61. The van der Waals surface area contributed by atoms with Gasteiger partial charge in [0.15, 0.2) is 0 Å². The number of aliphatic hydroxyl groups excluding tert-OH is 1. The lowest BCUT2D eigenvalue weighted by Crippen LogP contribution is -2.39. The van der Waals surface area contributed by atoms with Crippen molar-refractivity contribution in [2.24, 2.45) is 0 Å². The summed E-state index contributed by atoms with van der Waals surface area (Å²) in [4.78, 5) is 0. The van der Waals surface area contributed by atoms with Crippen LogP contribution in [0.1, 0.15) is 19.3 Å². The zero-order valence-corrected chi connectivity index (χ0v) is 6.84. The molecule has 1 fully saturated rings. The van der Waals surface area contributed by atoms with E-state index in [1.807, 2.05) is 0 Å². The first kappa shape index (κ1) is 8.31. The third-order valence-corrected chi connectivity index (χ3v) is 2.50. The predicted octanol–water partition coefficient (Wildman–Crippen LogP) is 1.15. The number of halogens is 1. The molecule has 0 heterocycles. The molecule has 0 aromatic heterocycles. The molecule has 60 valence electrons. The molecular formula is C7H13ClO2. The summed E-state index contributed by atoms with van der Waals surface area (Å²) < 4.78 is 5.04. The minimum absolute atomic E-state index is 0.0451. The number of aliphatic hydroxyl groups is 1. The molecule has 3 heteroatoms. The van der Waals surface area contributed by atoms with Crippen LogP contribution in [0.4, 0.5) is 0 Å². The second kappa shape index (κ2) is 3.56. The van der Waals surface area contributed by atoms with Gasteiger partial charge in [0.05, 0.1) is 17.6 Å². The fraction of sp³-hybridized carbons (Fsp3) is 1.00. The van der Waals surface area contributed by atoms with Crippen molar-refractivity contribution >= 4 is 11.6 Å². The van der Waals surface area contributed by atoms with E-state index >= 15 is 0 Å². The Morgan fingerprint density at radius 1 is 1.50 bits per heavy atom. The van der Waals surface area contributed by atoms with Crippen LogP contribution in [-0.4, -0.2) is 29.8 Å². The molecule has 1 rings (SSSR count). The summed E-state index contributed by atoms with van der Waals surface area (Å²) in [6, 6.07) is 0. The molecule has 2 nitrogen and oxygen atoms in total. The average molecular weight is 165 g/mol. The van der Waals surface area contributed by atoms with E-state index in [0.29, 0.717) is 0 Å². The van der Waals surface area contributed by atoms with Gasteiger partial charge in [0.1, 0.15) is 0 Å². The first-order valence-corrected chi connectivity index (χ1v) is 4.04. The van der Waals surface area contributed by atoms with Gasteiger partial charge in [0, 0.05) is 7.11 Å². The molecule has 0 aromatic carbocycles. The van der Waals surface area contributed by atoms with Crippen LogP contribution < -0.4 is 0 Å². The molecule has 10 heavy (non-hydrogen) atoms. The fourth-order valence-electron chi connectivity index (χ4n) is 1.35. The Morgan fingerprint density at radius 2 is 2.20 bits per heavy atom. The lowest BCUT2D eigenvalue weighted by molar-refractivity contribution is -0.0334. The molecular weight excluding hydrogens is 152 g/mol. The number of methoxy groups -OCH3 is 1. The van der Waals surface area contributed by atoms with Gasteiger partial charge < -0.3 is 9.84 Å². The van der Waals surface area contributed by atoms with Crippen molar-refractivity contribution in [2.45, 2.75) is 36.8 Å². The molecule has 0 aromatic rings. The third-order valence-electron chi connectivity index (χ3n) is 2.02. The van der Waals surface area contributed by atoms with Crippen molar-refractivity contribution in [3.8, 4) is 0 Å². The fourth-order valence-corrected chi connectivity index (χ4v) is 1.66. The summed E-state index contributed by atoms with van der Waals surface area (Å²) in [5, 5.41) is 9.27. The third kappa shape index (κ3) is 1.62. The number of hydrogen-bond donors (Lipinski definition) is 1. The van der Waals surface area contributed by atoms with E-state index in [0.717, 1.165) is 19.3 Å². The van der Waals surface area contributed by atoms with Gasteiger partial charge in [0.25, 0.3) is 0 Å². The molecule has 1 aliphatic rings. The molecule has 3 atom stereocenters. The number of hydrogen-bond acceptors (Lipinski definition) is 2. The van der Waals surface area contributed by atoms with Gasteiger partial charge in [-0.05, 0) is 19.3 Å². The summed E-state index contributed by atoms with van der Waals surface area (Å²) in [5.41, 5.74) is 0. The first-order valence-electron chi connectivity index (χ1n) is 3.60. The van der Waals surface area contributed by atoms with E-state index in [4.69, 9.17) is 16.3 Å². The van der Waals surface area contributed by atoms with Crippen LogP contribution in [0.5, 0.6) is 0 Å². The number of alkyl halides is 1. The lowest BCUT2D eigenvalue weighted by Gasteiger charge is -2.29. The standard InChI is InChI=1S/C7H13ClO2/c1-10-6-4-2-3-5(8)7(6)9/h5-7,9H,2-4H2,1H3. The maximum absolute atomic E-state index is 9.38. The van der Waals surface area contributed by atoms with E-state index in [9.17, 15) is 5.11 Å². The highest BCUT2D eigenvalue weighted by molar-refractivity contribution is 6.21. The Morgan fingerprint density at radius 3 is 2.70 bits per heavy atom. The molecule has 0 amide bonds. The molecule has 1 N–H and O–H groups in total. The van der Waals surface area contributed by atoms with Crippen LogP contribution in [0.25, 0.3) is 0 Å². The summed E-state index contributed by atoms with van der Waals surface area (Å²) in [5.74, 6) is 0. The van der Waals surface area contributed by atoms with E-state index in [2.05, 4.69) is 0 Å². The van der Waals surface area contributed by atoms with Crippen molar-refractivity contribution in [1.82, 2.24) is 0 Å². The van der Waals surface area contributed by atoms with Gasteiger partial charge in [-0.2, -0.15) is 0 Å². The van der Waals surface area contributed by atoms with Crippen LogP contribution in [-0.2, 0) is 4.74 Å². The molecule has 1 aliphatic carbocycles. The summed E-state index contributed by atoms with van der Waals surface area (Å²) >= 11 is 5.81. The van der Waals surface area contributed by atoms with Crippen molar-refractivity contribution in [3.05, 3.63) is 0 Å². The average Bonchev–Trinajstić information content (AvgIpc) is 1.95. The van der Waals surface area contributed by atoms with Crippen molar-refractivity contribution < 1.29 is 9.84 Å². The summed E-state index contributed by atoms with van der Waals surface area (Å²) in [6.07, 6.45) is 2.38. The van der Waals surface area contributed by atoms with Gasteiger partial charge in [0.2, 0.25) is 0 Å². The van der Waals surface area contributed by atoms with E-state index < -0.39 is 6.10 Å². The van der Waals surface area contributed by atoms with Gasteiger partial charge in [-0.3, -0.25) is 0 Å². The summed E-state index contributed by atoms with van der Waals surface area (Å²) in [6.45, 7) is 0. The van der Waals surface area contributed by atoms with E-state index in [1.165, 1.54) is 0 Å². The highest BCUT2D eigenvalue weighted by Crippen LogP contribution is 2.24. The molecule has 0 spiro atoms. The molecule has 0 aliphatic heterocycles. The maximum atomic E-state index is 9.38. The highest BCUT2D eigenvalue weighted by atomic mass is 35.5. The molecule has 1 saturated carbocycles. The van der Waals surface area contributed by atoms with Crippen LogP contribution in [0.2, 0.25) is 0 Å². The smallest absolute Gasteiger partial charge is 0.0964 e. The second-order valence-electron chi connectivity index (χ2n) is 2.71. The minimum atomic E-state index is -0.472. The largest absolute Gasteiger partial charge is 0.389 e. The van der Waals surface area contributed by atoms with Crippen molar-refractivity contribution in [2.75, 3.05) is 7.11 Å². The van der Waals surface area contributed by atoms with Gasteiger partial charge in [-0.15, -0.1) is 11.6 Å². The molecule has 0 saturated heterocycles. The van der Waals surface area contributed by atoms with Crippen LogP contribution in [0, 0.1) is 0 Å². The van der Waals surface area contributed by atoms with Crippen molar-refractivity contribution in [3.63, 3.8) is 0 Å². The zero-order valence-electron chi connectivity index (χ0n) is 6.09. The zero-order chi connectivity index (χ0) is 7.56. The quantitative estimate of drug-likeness (QED) is 0.590. The van der Waals surface area contributed by atoms with Gasteiger partial charge >= 0.3 is 0 Å². The Kier molecular flexibility index (Phi) is 2.96. The Balaban J connectivity index is 2.42. The van der Waals surface area contributed by atoms with E-state index in [-0.39, 0.29) is 11.5 Å². The first-order chi connectivity index (χ1) is 4.75. The Bertz CT molecular complexity index is 108. The van der Waals surface area contributed by atoms with Crippen LogP contribution in [0.15, 0.2) is 0 Å².